The molecule has 1 fully saturated rings. The normalized spacial score (nSPS) is 30.4. The monoisotopic (exact) mass is 216 g/mol. The first kappa shape index (κ1) is 12.9. The van der Waals surface area contributed by atoms with Crippen LogP contribution in [0, 0.1) is 5.92 Å². The summed E-state index contributed by atoms with van der Waals surface area (Å²) in [5.74, 6) is 0.247. The van der Waals surface area contributed by atoms with E-state index in [9.17, 15) is 0 Å². The molecule has 2 unspecified atom stereocenters. The average molecular weight is 216 g/mol. The zero-order valence-electron chi connectivity index (χ0n) is 10.4. The van der Waals surface area contributed by atoms with Crippen LogP contribution in [0.1, 0.15) is 39.0 Å². The first-order valence-electron chi connectivity index (χ1n) is 5.85. The van der Waals surface area contributed by atoms with Crippen LogP contribution in [0.5, 0.6) is 0 Å². The summed E-state index contributed by atoms with van der Waals surface area (Å²) in [5, 5.41) is 0. The molecule has 3 heteroatoms. The Labute approximate surface area is 93.1 Å². The highest BCUT2D eigenvalue weighted by Gasteiger charge is 2.44. The Balaban J connectivity index is 2.63. The lowest BCUT2D eigenvalue weighted by Crippen LogP contribution is -2.51. The average Bonchev–Trinajstić information content (AvgIpc) is 2.29. The van der Waals surface area contributed by atoms with Crippen molar-refractivity contribution in [2.75, 3.05) is 21.3 Å². The van der Waals surface area contributed by atoms with Crippen molar-refractivity contribution in [2.24, 2.45) is 5.92 Å². The van der Waals surface area contributed by atoms with Crippen LogP contribution in [-0.4, -0.2) is 33.2 Å². The van der Waals surface area contributed by atoms with Crippen molar-refractivity contribution in [3.8, 4) is 0 Å². The lowest BCUT2D eigenvalue weighted by atomic mass is 9.80. The van der Waals surface area contributed by atoms with Crippen LogP contribution in [-0.2, 0) is 14.2 Å². The second-order valence-corrected chi connectivity index (χ2v) is 4.37. The fourth-order valence-corrected chi connectivity index (χ4v) is 2.66. The maximum absolute atomic E-state index is 5.52. The molecule has 1 saturated carbocycles. The third-order valence-corrected chi connectivity index (χ3v) is 3.61. The Morgan fingerprint density at radius 3 is 2.33 bits per heavy atom. The minimum atomic E-state index is -0.515. The third-order valence-electron chi connectivity index (χ3n) is 3.61. The molecule has 0 amide bonds. The second kappa shape index (κ2) is 5.83. The lowest BCUT2D eigenvalue weighted by molar-refractivity contribution is -0.283. The highest BCUT2D eigenvalue weighted by atomic mass is 16.7. The Morgan fingerprint density at radius 1 is 1.20 bits per heavy atom. The molecule has 15 heavy (non-hydrogen) atoms. The van der Waals surface area contributed by atoms with Crippen LogP contribution in [0.2, 0.25) is 0 Å². The van der Waals surface area contributed by atoms with E-state index in [-0.39, 0.29) is 6.10 Å². The third kappa shape index (κ3) is 2.71. The van der Waals surface area contributed by atoms with Crippen molar-refractivity contribution in [1.82, 2.24) is 0 Å². The molecule has 1 rings (SSSR count). The molecule has 3 nitrogen and oxygen atoms in total. The molecule has 0 aromatic rings. The molecule has 1 aliphatic rings. The zero-order chi connectivity index (χ0) is 11.3. The van der Waals surface area contributed by atoms with Gasteiger partial charge in [0, 0.05) is 27.8 Å². The maximum Gasteiger partial charge on any atom is 0.194 e. The van der Waals surface area contributed by atoms with Gasteiger partial charge in [0.05, 0.1) is 0 Å². The van der Waals surface area contributed by atoms with Crippen molar-refractivity contribution in [3.05, 3.63) is 0 Å². The molecule has 0 bridgehead atoms. The van der Waals surface area contributed by atoms with Gasteiger partial charge in [-0.05, 0) is 18.8 Å². The first-order valence-corrected chi connectivity index (χ1v) is 5.85. The van der Waals surface area contributed by atoms with Gasteiger partial charge in [-0.2, -0.15) is 0 Å². The smallest absolute Gasteiger partial charge is 0.194 e. The molecule has 90 valence electrons. The van der Waals surface area contributed by atoms with Crippen LogP contribution in [0.4, 0.5) is 0 Å². The fourth-order valence-electron chi connectivity index (χ4n) is 2.66. The van der Waals surface area contributed by atoms with Crippen molar-refractivity contribution >= 4 is 0 Å². The molecule has 0 saturated heterocycles. The van der Waals surface area contributed by atoms with Crippen LogP contribution in [0.15, 0.2) is 0 Å². The Hall–Kier alpha value is -0.120. The maximum atomic E-state index is 5.52. The van der Waals surface area contributed by atoms with Crippen molar-refractivity contribution in [1.29, 1.82) is 0 Å². The summed E-state index contributed by atoms with van der Waals surface area (Å²) in [5.41, 5.74) is 0. The molecule has 0 radical (unpaired) electrons. The van der Waals surface area contributed by atoms with Gasteiger partial charge in [-0.15, -0.1) is 0 Å². The number of rotatable bonds is 5. The highest BCUT2D eigenvalue weighted by molar-refractivity contribution is 4.88. The van der Waals surface area contributed by atoms with E-state index in [0.29, 0.717) is 0 Å². The SMILES string of the molecule is CCCC1CCC(OC)(OC)C(OC)C1. The Kier molecular flexibility index (Phi) is 5.03. The predicted octanol–water partition coefficient (Wildman–Crippen LogP) is 2.59. The second-order valence-electron chi connectivity index (χ2n) is 4.37. The molecular weight excluding hydrogens is 192 g/mol. The van der Waals surface area contributed by atoms with Crippen molar-refractivity contribution < 1.29 is 14.2 Å². The topological polar surface area (TPSA) is 27.7 Å². The van der Waals surface area contributed by atoms with E-state index in [1.165, 1.54) is 19.3 Å². The molecule has 2 atom stereocenters. The number of hydrogen-bond acceptors (Lipinski definition) is 3. The van der Waals surface area contributed by atoms with Gasteiger partial charge in [0.15, 0.2) is 5.79 Å². The van der Waals surface area contributed by atoms with E-state index in [1.54, 1.807) is 21.3 Å². The van der Waals surface area contributed by atoms with E-state index in [2.05, 4.69) is 6.92 Å². The predicted molar refractivity (Wildman–Crippen MR) is 59.8 cm³/mol. The van der Waals surface area contributed by atoms with Gasteiger partial charge in [0.1, 0.15) is 6.10 Å². The molecule has 1 aliphatic carbocycles. The van der Waals surface area contributed by atoms with Crippen molar-refractivity contribution in [3.63, 3.8) is 0 Å². The number of ether oxygens (including phenoxy) is 3. The van der Waals surface area contributed by atoms with Gasteiger partial charge in [0.25, 0.3) is 0 Å². The minimum absolute atomic E-state index is 0.0674. The molecule has 0 heterocycles. The van der Waals surface area contributed by atoms with Gasteiger partial charge < -0.3 is 14.2 Å². The first-order chi connectivity index (χ1) is 7.22. The van der Waals surface area contributed by atoms with Gasteiger partial charge >= 0.3 is 0 Å². The molecular formula is C12H24O3. The lowest BCUT2D eigenvalue weighted by Gasteiger charge is -2.43. The van der Waals surface area contributed by atoms with Gasteiger partial charge in [-0.1, -0.05) is 19.8 Å². The molecule has 0 N–H and O–H groups in total. The van der Waals surface area contributed by atoms with Gasteiger partial charge in [-0.3, -0.25) is 0 Å². The summed E-state index contributed by atoms with van der Waals surface area (Å²) in [6.45, 7) is 2.23. The summed E-state index contributed by atoms with van der Waals surface area (Å²) < 4.78 is 16.5. The fraction of sp³-hybridized carbons (Fsp3) is 1.00. The summed E-state index contributed by atoms with van der Waals surface area (Å²) >= 11 is 0. The quantitative estimate of drug-likeness (QED) is 0.661. The Bertz CT molecular complexity index is 178. The van der Waals surface area contributed by atoms with E-state index < -0.39 is 5.79 Å². The summed E-state index contributed by atoms with van der Waals surface area (Å²) in [7, 11) is 5.15. The van der Waals surface area contributed by atoms with Crippen LogP contribution < -0.4 is 0 Å². The van der Waals surface area contributed by atoms with Crippen molar-refractivity contribution in [2.45, 2.75) is 50.9 Å². The van der Waals surface area contributed by atoms with E-state index >= 15 is 0 Å². The van der Waals surface area contributed by atoms with E-state index in [0.717, 1.165) is 18.8 Å². The summed E-state index contributed by atoms with van der Waals surface area (Å²) in [4.78, 5) is 0. The van der Waals surface area contributed by atoms with Gasteiger partial charge in [0.2, 0.25) is 0 Å². The van der Waals surface area contributed by atoms with Crippen LogP contribution >= 0.6 is 0 Å². The highest BCUT2D eigenvalue weighted by Crippen LogP contribution is 2.38. The molecule has 0 aromatic heterocycles. The molecule has 0 aromatic carbocycles. The van der Waals surface area contributed by atoms with Crippen LogP contribution in [0.3, 0.4) is 0 Å². The van der Waals surface area contributed by atoms with Crippen LogP contribution in [0.25, 0.3) is 0 Å². The Morgan fingerprint density at radius 2 is 1.87 bits per heavy atom. The number of hydrogen-bond donors (Lipinski definition) is 0. The summed E-state index contributed by atoms with van der Waals surface area (Å²) in [6.07, 6.45) is 5.75. The number of methoxy groups -OCH3 is 3. The molecule has 0 spiro atoms. The van der Waals surface area contributed by atoms with E-state index in [1.807, 2.05) is 0 Å². The largest absolute Gasteiger partial charge is 0.376 e. The standard InChI is InChI=1S/C12H24O3/c1-5-6-10-7-8-12(14-3,15-4)11(9-10)13-2/h10-11H,5-9H2,1-4H3. The van der Waals surface area contributed by atoms with Gasteiger partial charge in [-0.25, -0.2) is 0 Å². The summed E-state index contributed by atoms with van der Waals surface area (Å²) in [6, 6.07) is 0. The zero-order valence-corrected chi connectivity index (χ0v) is 10.4. The minimum Gasteiger partial charge on any atom is -0.376 e. The van der Waals surface area contributed by atoms with E-state index in [4.69, 9.17) is 14.2 Å². The molecule has 0 aliphatic heterocycles.